The lowest BCUT2D eigenvalue weighted by atomic mass is 10.1. The number of rotatable bonds is 3. The number of hydrogen-bond donors (Lipinski definition) is 0. The minimum absolute atomic E-state index is 0.403. The van der Waals surface area contributed by atoms with E-state index in [0.717, 1.165) is 10.9 Å². The molecule has 78 valence electrons. The molecule has 1 atom stereocenters. The Morgan fingerprint density at radius 3 is 2.47 bits per heavy atom. The average Bonchev–Trinajstić information content (AvgIpc) is 2.71. The summed E-state index contributed by atoms with van der Waals surface area (Å²) in [4.78, 5) is 0.403. The largest absolute Gasteiger partial charge is 0.152 e. The molecule has 0 aliphatic heterocycles. The molecule has 1 aromatic heterocycles. The van der Waals surface area contributed by atoms with Crippen molar-refractivity contribution in [3.8, 4) is 0 Å². The fourth-order valence-electron chi connectivity index (χ4n) is 1.41. The van der Waals surface area contributed by atoms with Gasteiger partial charge in [-0.05, 0) is 46.5 Å². The first-order chi connectivity index (χ1) is 7.25. The van der Waals surface area contributed by atoms with Crippen LogP contribution in [-0.2, 0) is 6.42 Å². The lowest BCUT2D eigenvalue weighted by Crippen LogP contribution is -1.93. The third-order valence-corrected chi connectivity index (χ3v) is 4.34. The van der Waals surface area contributed by atoms with Crippen molar-refractivity contribution in [3.05, 3.63) is 56.7 Å². The summed E-state index contributed by atoms with van der Waals surface area (Å²) in [6.07, 6.45) is 1.05. The van der Waals surface area contributed by atoms with E-state index >= 15 is 0 Å². The Balaban J connectivity index is 2.08. The summed E-state index contributed by atoms with van der Waals surface area (Å²) >= 11 is 8.91. The normalized spacial score (nSPS) is 12.7. The topological polar surface area (TPSA) is 0 Å². The van der Waals surface area contributed by atoms with Gasteiger partial charge in [0.15, 0.2) is 0 Å². The lowest BCUT2D eigenvalue weighted by molar-refractivity contribution is 0.954. The molecule has 0 fully saturated rings. The summed E-state index contributed by atoms with van der Waals surface area (Å²) in [6.45, 7) is 0. The first kappa shape index (κ1) is 11.4. The first-order valence-electron chi connectivity index (χ1n) is 4.66. The van der Waals surface area contributed by atoms with Crippen LogP contribution in [0.1, 0.15) is 16.0 Å². The van der Waals surface area contributed by atoms with Gasteiger partial charge < -0.3 is 0 Å². The molecule has 0 N–H and O–H groups in total. The van der Waals surface area contributed by atoms with Gasteiger partial charge in [0, 0.05) is 9.30 Å². The molecule has 2 aromatic rings. The predicted octanol–water partition coefficient (Wildman–Crippen LogP) is 5.19. The SMILES string of the molecule is Brc1ccc(C(Br)Cc2ccsc2)cc1. The van der Waals surface area contributed by atoms with E-state index in [2.05, 4.69) is 73.0 Å². The molecule has 0 saturated heterocycles. The monoisotopic (exact) mass is 344 g/mol. The maximum atomic E-state index is 3.72. The van der Waals surface area contributed by atoms with Crippen LogP contribution in [0.5, 0.6) is 0 Å². The van der Waals surface area contributed by atoms with Gasteiger partial charge in [-0.3, -0.25) is 0 Å². The zero-order chi connectivity index (χ0) is 10.7. The molecule has 0 saturated carbocycles. The lowest BCUT2D eigenvalue weighted by Gasteiger charge is -2.08. The molecular formula is C12H10Br2S. The van der Waals surface area contributed by atoms with Gasteiger partial charge in [-0.25, -0.2) is 0 Å². The third kappa shape index (κ3) is 3.16. The van der Waals surface area contributed by atoms with E-state index in [0.29, 0.717) is 4.83 Å². The maximum absolute atomic E-state index is 3.72. The summed E-state index contributed by atoms with van der Waals surface area (Å²) < 4.78 is 1.13. The summed E-state index contributed by atoms with van der Waals surface area (Å²) in [5.41, 5.74) is 2.72. The van der Waals surface area contributed by atoms with Crippen LogP contribution in [0, 0.1) is 0 Å². The van der Waals surface area contributed by atoms with Crippen molar-refractivity contribution in [1.82, 2.24) is 0 Å². The van der Waals surface area contributed by atoms with E-state index in [1.807, 2.05) is 0 Å². The zero-order valence-corrected chi connectivity index (χ0v) is 12.0. The van der Waals surface area contributed by atoms with Crippen molar-refractivity contribution in [2.45, 2.75) is 11.2 Å². The second kappa shape index (κ2) is 5.28. The van der Waals surface area contributed by atoms with Crippen molar-refractivity contribution >= 4 is 43.2 Å². The van der Waals surface area contributed by atoms with E-state index < -0.39 is 0 Å². The minimum atomic E-state index is 0.403. The second-order valence-corrected chi connectivity index (χ2v) is 6.16. The van der Waals surface area contributed by atoms with Gasteiger partial charge in [0.25, 0.3) is 0 Å². The third-order valence-electron chi connectivity index (χ3n) is 2.23. The van der Waals surface area contributed by atoms with Crippen molar-refractivity contribution in [1.29, 1.82) is 0 Å². The van der Waals surface area contributed by atoms with Crippen LogP contribution >= 0.6 is 43.2 Å². The molecule has 0 radical (unpaired) electrons. The molecule has 1 heterocycles. The summed E-state index contributed by atoms with van der Waals surface area (Å²) in [5, 5.41) is 4.32. The van der Waals surface area contributed by atoms with Gasteiger partial charge in [-0.2, -0.15) is 11.3 Å². The molecule has 2 rings (SSSR count). The second-order valence-electron chi connectivity index (χ2n) is 3.35. The Kier molecular flexibility index (Phi) is 4.00. The number of alkyl halides is 1. The van der Waals surface area contributed by atoms with Crippen LogP contribution in [0.2, 0.25) is 0 Å². The number of hydrogen-bond acceptors (Lipinski definition) is 1. The molecule has 0 aliphatic carbocycles. The highest BCUT2D eigenvalue weighted by Crippen LogP contribution is 2.28. The van der Waals surface area contributed by atoms with Crippen LogP contribution in [0.15, 0.2) is 45.6 Å². The molecule has 3 heteroatoms. The molecule has 1 unspecified atom stereocenters. The zero-order valence-electron chi connectivity index (χ0n) is 7.99. The van der Waals surface area contributed by atoms with Crippen LogP contribution in [0.4, 0.5) is 0 Å². The van der Waals surface area contributed by atoms with Gasteiger partial charge in [0.1, 0.15) is 0 Å². The van der Waals surface area contributed by atoms with Gasteiger partial charge in [0.2, 0.25) is 0 Å². The molecule has 0 amide bonds. The Labute approximate surface area is 111 Å². The van der Waals surface area contributed by atoms with Gasteiger partial charge in [-0.1, -0.05) is 44.0 Å². The van der Waals surface area contributed by atoms with Crippen molar-refractivity contribution in [2.75, 3.05) is 0 Å². The van der Waals surface area contributed by atoms with Crippen LogP contribution in [0.3, 0.4) is 0 Å². The van der Waals surface area contributed by atoms with Gasteiger partial charge in [0.05, 0.1) is 0 Å². The van der Waals surface area contributed by atoms with E-state index in [4.69, 9.17) is 0 Å². The molecular weight excluding hydrogens is 336 g/mol. The fraction of sp³-hybridized carbons (Fsp3) is 0.167. The van der Waals surface area contributed by atoms with Crippen molar-refractivity contribution < 1.29 is 0 Å². The molecule has 0 aliphatic rings. The summed E-state index contributed by atoms with van der Waals surface area (Å²) in [7, 11) is 0. The van der Waals surface area contributed by atoms with Crippen LogP contribution in [0.25, 0.3) is 0 Å². The Morgan fingerprint density at radius 1 is 1.13 bits per heavy atom. The van der Waals surface area contributed by atoms with Gasteiger partial charge in [-0.15, -0.1) is 0 Å². The highest BCUT2D eigenvalue weighted by atomic mass is 79.9. The van der Waals surface area contributed by atoms with Gasteiger partial charge >= 0.3 is 0 Å². The van der Waals surface area contributed by atoms with Crippen molar-refractivity contribution in [2.24, 2.45) is 0 Å². The molecule has 0 bridgehead atoms. The Hall–Kier alpha value is -0.120. The Morgan fingerprint density at radius 2 is 1.87 bits per heavy atom. The van der Waals surface area contributed by atoms with E-state index in [1.165, 1.54) is 11.1 Å². The highest BCUT2D eigenvalue weighted by Gasteiger charge is 2.08. The molecule has 0 spiro atoms. The standard InChI is InChI=1S/C12H10Br2S/c13-11-3-1-10(2-4-11)12(14)7-9-5-6-15-8-9/h1-6,8,12H,7H2. The van der Waals surface area contributed by atoms with Crippen molar-refractivity contribution in [3.63, 3.8) is 0 Å². The average molecular weight is 346 g/mol. The fourth-order valence-corrected chi connectivity index (χ4v) is 3.03. The highest BCUT2D eigenvalue weighted by molar-refractivity contribution is 9.10. The number of halogens is 2. The Bertz CT molecular complexity index is 406. The number of thiophene rings is 1. The van der Waals surface area contributed by atoms with Crippen LogP contribution in [-0.4, -0.2) is 0 Å². The summed E-state index contributed by atoms with van der Waals surface area (Å²) in [5.74, 6) is 0. The molecule has 0 nitrogen and oxygen atoms in total. The minimum Gasteiger partial charge on any atom is -0.152 e. The first-order valence-corrected chi connectivity index (χ1v) is 7.31. The molecule has 15 heavy (non-hydrogen) atoms. The van der Waals surface area contributed by atoms with E-state index in [1.54, 1.807) is 11.3 Å². The molecule has 1 aromatic carbocycles. The quantitative estimate of drug-likeness (QED) is 0.671. The van der Waals surface area contributed by atoms with E-state index in [9.17, 15) is 0 Å². The smallest absolute Gasteiger partial charge is 0.0435 e. The number of benzene rings is 1. The van der Waals surface area contributed by atoms with Crippen LogP contribution < -0.4 is 0 Å². The summed E-state index contributed by atoms with van der Waals surface area (Å²) in [6, 6.07) is 10.6. The van der Waals surface area contributed by atoms with E-state index in [-0.39, 0.29) is 0 Å². The maximum Gasteiger partial charge on any atom is 0.0435 e. The predicted molar refractivity (Wildman–Crippen MR) is 73.8 cm³/mol.